The molecule has 0 spiro atoms. The zero-order valence-corrected chi connectivity index (χ0v) is 9.98. The second-order valence-electron chi connectivity index (χ2n) is 4.59. The fourth-order valence-corrected chi connectivity index (χ4v) is 2.72. The summed E-state index contributed by atoms with van der Waals surface area (Å²) in [5, 5.41) is 0. The van der Waals surface area contributed by atoms with Gasteiger partial charge in [-0.15, -0.1) is 0 Å². The molecule has 0 radical (unpaired) electrons. The lowest BCUT2D eigenvalue weighted by Crippen LogP contribution is -2.21. The molecule has 1 aromatic rings. The molecular formula is C12H15Br. The Hall–Kier alpha value is -0.300. The summed E-state index contributed by atoms with van der Waals surface area (Å²) < 4.78 is 1.28. The molecular weight excluding hydrogens is 224 g/mol. The number of rotatable bonds is 0. The Bertz CT molecular complexity index is 339. The van der Waals surface area contributed by atoms with E-state index in [9.17, 15) is 0 Å². The van der Waals surface area contributed by atoms with Crippen LogP contribution in [-0.4, -0.2) is 0 Å². The van der Waals surface area contributed by atoms with Crippen molar-refractivity contribution in [3.63, 3.8) is 0 Å². The van der Waals surface area contributed by atoms with E-state index in [1.807, 2.05) is 0 Å². The monoisotopic (exact) mass is 238 g/mol. The number of benzene rings is 1. The molecule has 0 fully saturated rings. The van der Waals surface area contributed by atoms with Crippen LogP contribution in [0.25, 0.3) is 0 Å². The smallest absolute Gasteiger partial charge is 0.0210 e. The van der Waals surface area contributed by atoms with Gasteiger partial charge in [-0.2, -0.15) is 0 Å². The van der Waals surface area contributed by atoms with E-state index in [2.05, 4.69) is 54.9 Å². The maximum atomic E-state index is 3.63. The molecule has 0 saturated carbocycles. The lowest BCUT2D eigenvalue weighted by Gasteiger charge is -2.24. The molecule has 13 heavy (non-hydrogen) atoms. The van der Waals surface area contributed by atoms with Gasteiger partial charge in [-0.25, -0.2) is 0 Å². The third kappa shape index (κ3) is 1.25. The average Bonchev–Trinajstić information content (AvgIpc) is 2.28. The van der Waals surface area contributed by atoms with Crippen LogP contribution in [-0.2, 0) is 11.8 Å². The standard InChI is InChI=1S/C12H15Br/c1-8-7-9-10(12(8,2)3)5-4-6-11(9)13/h4-6,8H,7H2,1-3H3/t8-/m1/s1. The van der Waals surface area contributed by atoms with Crippen LogP contribution in [0, 0.1) is 5.92 Å². The first-order valence-corrected chi connectivity index (χ1v) is 5.60. The van der Waals surface area contributed by atoms with E-state index in [4.69, 9.17) is 0 Å². The molecule has 1 aliphatic rings. The SMILES string of the molecule is C[C@@H]1Cc2c(Br)cccc2C1(C)C. The third-order valence-electron chi connectivity index (χ3n) is 3.56. The van der Waals surface area contributed by atoms with Gasteiger partial charge in [0.25, 0.3) is 0 Å². The Kier molecular flexibility index (Phi) is 2.03. The Morgan fingerprint density at radius 1 is 1.38 bits per heavy atom. The minimum absolute atomic E-state index is 0.346. The molecule has 0 saturated heterocycles. The molecule has 1 heteroatoms. The van der Waals surface area contributed by atoms with Crippen LogP contribution in [0.1, 0.15) is 31.9 Å². The maximum absolute atomic E-state index is 3.63. The normalized spacial score (nSPS) is 24.5. The summed E-state index contributed by atoms with van der Waals surface area (Å²) in [6.45, 7) is 7.03. The summed E-state index contributed by atoms with van der Waals surface area (Å²) in [7, 11) is 0. The summed E-state index contributed by atoms with van der Waals surface area (Å²) >= 11 is 3.63. The molecule has 0 aromatic heterocycles. The lowest BCUT2D eigenvalue weighted by molar-refractivity contribution is 0.379. The molecule has 0 N–H and O–H groups in total. The molecule has 1 atom stereocenters. The van der Waals surface area contributed by atoms with E-state index in [-0.39, 0.29) is 0 Å². The van der Waals surface area contributed by atoms with Crippen LogP contribution in [0.4, 0.5) is 0 Å². The van der Waals surface area contributed by atoms with Gasteiger partial charge in [0.2, 0.25) is 0 Å². The van der Waals surface area contributed by atoms with Gasteiger partial charge < -0.3 is 0 Å². The molecule has 0 unspecified atom stereocenters. The fourth-order valence-electron chi connectivity index (χ4n) is 2.20. The van der Waals surface area contributed by atoms with Crippen LogP contribution in [0.2, 0.25) is 0 Å². The second kappa shape index (κ2) is 2.84. The van der Waals surface area contributed by atoms with Gasteiger partial charge in [0.05, 0.1) is 0 Å². The van der Waals surface area contributed by atoms with Crippen LogP contribution in [0.3, 0.4) is 0 Å². The van der Waals surface area contributed by atoms with Crippen LogP contribution < -0.4 is 0 Å². The quantitative estimate of drug-likeness (QED) is 0.643. The predicted molar refractivity (Wildman–Crippen MR) is 60.0 cm³/mol. The van der Waals surface area contributed by atoms with Crippen molar-refractivity contribution in [1.82, 2.24) is 0 Å². The average molecular weight is 239 g/mol. The Labute approximate surface area is 88.5 Å². The van der Waals surface area contributed by atoms with Crippen LogP contribution in [0.15, 0.2) is 22.7 Å². The Morgan fingerprint density at radius 3 is 2.69 bits per heavy atom. The highest BCUT2D eigenvalue weighted by molar-refractivity contribution is 9.10. The van der Waals surface area contributed by atoms with Gasteiger partial charge in [-0.3, -0.25) is 0 Å². The first-order valence-electron chi connectivity index (χ1n) is 4.81. The van der Waals surface area contributed by atoms with Crippen LogP contribution >= 0.6 is 15.9 Å². The van der Waals surface area contributed by atoms with Gasteiger partial charge in [0.15, 0.2) is 0 Å². The summed E-state index contributed by atoms with van der Waals surface area (Å²) in [6, 6.07) is 6.55. The first-order chi connectivity index (χ1) is 6.03. The largest absolute Gasteiger partial charge is 0.0614 e. The molecule has 0 amide bonds. The molecule has 0 aliphatic heterocycles. The highest BCUT2D eigenvalue weighted by atomic mass is 79.9. The number of hydrogen-bond donors (Lipinski definition) is 0. The van der Waals surface area contributed by atoms with Crippen molar-refractivity contribution >= 4 is 15.9 Å². The van der Waals surface area contributed by atoms with Gasteiger partial charge in [-0.05, 0) is 34.9 Å². The summed E-state index contributed by atoms with van der Waals surface area (Å²) in [4.78, 5) is 0. The number of hydrogen-bond acceptors (Lipinski definition) is 0. The molecule has 0 heterocycles. The van der Waals surface area contributed by atoms with E-state index in [1.165, 1.54) is 22.0 Å². The van der Waals surface area contributed by atoms with E-state index < -0.39 is 0 Å². The lowest BCUT2D eigenvalue weighted by atomic mass is 9.80. The topological polar surface area (TPSA) is 0 Å². The van der Waals surface area contributed by atoms with E-state index in [0.717, 1.165) is 5.92 Å². The molecule has 2 rings (SSSR count). The zero-order valence-electron chi connectivity index (χ0n) is 8.39. The van der Waals surface area contributed by atoms with Crippen molar-refractivity contribution in [2.75, 3.05) is 0 Å². The van der Waals surface area contributed by atoms with Crippen LogP contribution in [0.5, 0.6) is 0 Å². The van der Waals surface area contributed by atoms with E-state index in [1.54, 1.807) is 0 Å². The van der Waals surface area contributed by atoms with Crippen molar-refractivity contribution in [3.05, 3.63) is 33.8 Å². The molecule has 0 nitrogen and oxygen atoms in total. The number of halogens is 1. The summed E-state index contributed by atoms with van der Waals surface area (Å²) in [5.41, 5.74) is 3.38. The van der Waals surface area contributed by atoms with Gasteiger partial charge >= 0.3 is 0 Å². The highest BCUT2D eigenvalue weighted by Crippen LogP contribution is 2.44. The molecule has 0 bridgehead atoms. The van der Waals surface area contributed by atoms with Crippen molar-refractivity contribution in [3.8, 4) is 0 Å². The minimum Gasteiger partial charge on any atom is -0.0614 e. The highest BCUT2D eigenvalue weighted by Gasteiger charge is 2.36. The maximum Gasteiger partial charge on any atom is 0.0210 e. The van der Waals surface area contributed by atoms with Gasteiger partial charge in [0, 0.05) is 4.47 Å². The Balaban J connectivity index is 2.61. The molecule has 1 aliphatic carbocycles. The van der Waals surface area contributed by atoms with Crippen molar-refractivity contribution in [2.45, 2.75) is 32.6 Å². The molecule has 1 aromatic carbocycles. The van der Waals surface area contributed by atoms with E-state index in [0.29, 0.717) is 5.41 Å². The molecule has 70 valence electrons. The third-order valence-corrected chi connectivity index (χ3v) is 4.30. The van der Waals surface area contributed by atoms with Crippen molar-refractivity contribution in [1.29, 1.82) is 0 Å². The first kappa shape index (κ1) is 9.26. The van der Waals surface area contributed by atoms with E-state index >= 15 is 0 Å². The Morgan fingerprint density at radius 2 is 2.08 bits per heavy atom. The minimum atomic E-state index is 0.346. The fraction of sp³-hybridized carbons (Fsp3) is 0.500. The predicted octanol–water partition coefficient (Wildman–Crippen LogP) is 3.92. The van der Waals surface area contributed by atoms with Gasteiger partial charge in [-0.1, -0.05) is 48.8 Å². The summed E-state index contributed by atoms with van der Waals surface area (Å²) in [5.74, 6) is 0.751. The van der Waals surface area contributed by atoms with Crippen molar-refractivity contribution < 1.29 is 0 Å². The second-order valence-corrected chi connectivity index (χ2v) is 5.45. The van der Waals surface area contributed by atoms with Gasteiger partial charge in [0.1, 0.15) is 0 Å². The number of fused-ring (bicyclic) bond motifs is 1. The van der Waals surface area contributed by atoms with Crippen molar-refractivity contribution in [2.24, 2.45) is 5.92 Å². The summed E-state index contributed by atoms with van der Waals surface area (Å²) in [6.07, 6.45) is 1.21. The zero-order chi connectivity index (χ0) is 9.64.